The lowest BCUT2D eigenvalue weighted by Crippen LogP contribution is -1.78. The van der Waals surface area contributed by atoms with Crippen LogP contribution < -0.4 is 0 Å². The summed E-state index contributed by atoms with van der Waals surface area (Å²) in [6.07, 6.45) is 3.45. The quantitative estimate of drug-likeness (QED) is 0.767. The van der Waals surface area contributed by atoms with E-state index in [0.29, 0.717) is 0 Å². The van der Waals surface area contributed by atoms with Crippen molar-refractivity contribution in [2.24, 2.45) is 0 Å². The highest BCUT2D eigenvalue weighted by Gasteiger charge is 2.23. The molecule has 0 radical (unpaired) electrons. The zero-order valence-corrected chi connectivity index (χ0v) is 12.3. The van der Waals surface area contributed by atoms with Crippen molar-refractivity contribution in [1.29, 1.82) is 0 Å². The summed E-state index contributed by atoms with van der Waals surface area (Å²) in [6.45, 7) is 0. The number of hydrogen-bond acceptors (Lipinski definition) is 7. The van der Waals surface area contributed by atoms with Crippen LogP contribution in [0.3, 0.4) is 0 Å². The summed E-state index contributed by atoms with van der Waals surface area (Å²) in [4.78, 5) is 0. The monoisotopic (exact) mass is 304 g/mol. The molecule has 0 spiro atoms. The van der Waals surface area contributed by atoms with Crippen LogP contribution in [0, 0.1) is 0 Å². The van der Waals surface area contributed by atoms with Gasteiger partial charge in [0, 0.05) is 5.38 Å². The van der Waals surface area contributed by atoms with Gasteiger partial charge in [0.15, 0.2) is 0 Å². The van der Waals surface area contributed by atoms with Crippen LogP contribution in [0.5, 0.6) is 0 Å². The molecule has 0 saturated heterocycles. The van der Waals surface area contributed by atoms with E-state index in [4.69, 9.17) is 0 Å². The van der Waals surface area contributed by atoms with Gasteiger partial charge in [-0.25, -0.2) is 0 Å². The summed E-state index contributed by atoms with van der Waals surface area (Å²) in [5.74, 6) is 2.51. The van der Waals surface area contributed by atoms with Gasteiger partial charge in [-0.3, -0.25) is 0 Å². The molecule has 1 aromatic heterocycles. The largest absolute Gasteiger partial charge is 0.139 e. The molecule has 0 unspecified atom stereocenters. The molecule has 0 fully saturated rings. The normalized spacial score (nSPS) is 20.9. The van der Waals surface area contributed by atoms with Crippen molar-refractivity contribution in [3.05, 3.63) is 23.8 Å². The molecule has 0 atom stereocenters. The third-order valence-corrected chi connectivity index (χ3v) is 8.03. The summed E-state index contributed by atoms with van der Waals surface area (Å²) < 4.78 is 8.18. The second-order valence-corrected chi connectivity index (χ2v) is 8.82. The van der Waals surface area contributed by atoms with E-state index in [1.807, 2.05) is 52.4 Å². The van der Waals surface area contributed by atoms with Gasteiger partial charge in [0.05, 0.1) is 18.4 Å². The Morgan fingerprint density at radius 2 is 1.88 bits per heavy atom. The highest BCUT2D eigenvalue weighted by atomic mass is 32.3. The lowest BCUT2D eigenvalue weighted by molar-refractivity contribution is 1.13. The van der Waals surface area contributed by atoms with Crippen LogP contribution in [0.25, 0.3) is 6.08 Å². The van der Waals surface area contributed by atoms with E-state index in [1.165, 1.54) is 42.2 Å². The third-order valence-electron chi connectivity index (χ3n) is 1.95. The second kappa shape index (κ2) is 5.39. The van der Waals surface area contributed by atoms with E-state index in [-0.39, 0.29) is 0 Å². The van der Waals surface area contributed by atoms with Crippen LogP contribution in [-0.2, 0) is 0 Å². The Balaban J connectivity index is 1.75. The Bertz CT molecular complexity index is 417. The summed E-state index contributed by atoms with van der Waals surface area (Å²) in [7, 11) is 0. The zero-order chi connectivity index (χ0) is 10.8. The number of rotatable bonds is 1. The Morgan fingerprint density at radius 1 is 1.12 bits per heavy atom. The first kappa shape index (κ1) is 11.5. The second-order valence-electron chi connectivity index (χ2n) is 3.12. The summed E-state index contributed by atoms with van der Waals surface area (Å²) in [5, 5.41) is 6.03. The number of thioether (sulfide) groups is 4. The highest BCUT2D eigenvalue weighted by molar-refractivity contribution is 8.41. The molecule has 0 N–H and O–H groups in total. The average Bonchev–Trinajstić information content (AvgIpc) is 2.86. The Morgan fingerprint density at radius 3 is 2.50 bits per heavy atom. The van der Waals surface area contributed by atoms with Crippen LogP contribution >= 0.6 is 58.6 Å². The molecular formula is C9H8N2S5. The molecule has 3 rings (SSSR count). The van der Waals surface area contributed by atoms with Crippen molar-refractivity contribution in [2.75, 3.05) is 11.5 Å². The van der Waals surface area contributed by atoms with Gasteiger partial charge in [0.2, 0.25) is 0 Å². The average molecular weight is 305 g/mol. The summed E-state index contributed by atoms with van der Waals surface area (Å²) in [5.41, 5.74) is 0.979. The van der Waals surface area contributed by atoms with Gasteiger partial charge in [-0.2, -0.15) is 0 Å². The number of nitrogens with zero attached hydrogens (tertiary/aromatic N) is 2. The minimum absolute atomic E-state index is 0.979. The van der Waals surface area contributed by atoms with Crippen molar-refractivity contribution < 1.29 is 0 Å². The van der Waals surface area contributed by atoms with Crippen LogP contribution in [0.4, 0.5) is 0 Å². The Labute approximate surface area is 115 Å². The lowest BCUT2D eigenvalue weighted by Gasteiger charge is -1.98. The molecule has 0 bridgehead atoms. The maximum atomic E-state index is 4.05. The van der Waals surface area contributed by atoms with E-state index >= 15 is 0 Å². The Kier molecular flexibility index (Phi) is 3.88. The number of aromatic nitrogens is 2. The van der Waals surface area contributed by atoms with Gasteiger partial charge in [-0.1, -0.05) is 28.0 Å². The first-order valence-electron chi connectivity index (χ1n) is 4.76. The van der Waals surface area contributed by atoms with Crippen LogP contribution in [0.15, 0.2) is 18.1 Å². The number of hydrogen-bond donors (Lipinski definition) is 0. The molecular weight excluding hydrogens is 296 g/mol. The summed E-state index contributed by atoms with van der Waals surface area (Å²) >= 11 is 9.18. The van der Waals surface area contributed by atoms with Gasteiger partial charge < -0.3 is 0 Å². The van der Waals surface area contributed by atoms with E-state index in [1.54, 1.807) is 0 Å². The maximum Gasteiger partial charge on any atom is 0.0998 e. The van der Waals surface area contributed by atoms with Crippen molar-refractivity contribution >= 4 is 64.7 Å². The fourth-order valence-electron chi connectivity index (χ4n) is 1.27. The first-order chi connectivity index (χ1) is 7.92. The van der Waals surface area contributed by atoms with Gasteiger partial charge in [-0.15, -0.1) is 28.6 Å². The zero-order valence-electron chi connectivity index (χ0n) is 8.21. The molecule has 84 valence electrons. The molecule has 2 aliphatic rings. The molecule has 0 amide bonds. The van der Waals surface area contributed by atoms with Crippen LogP contribution in [0.2, 0.25) is 0 Å². The predicted molar refractivity (Wildman–Crippen MR) is 79.6 cm³/mol. The van der Waals surface area contributed by atoms with Crippen molar-refractivity contribution in [2.45, 2.75) is 6.42 Å². The van der Waals surface area contributed by atoms with E-state index in [0.717, 1.165) is 5.69 Å². The maximum absolute atomic E-state index is 4.05. The molecule has 2 nitrogen and oxygen atoms in total. The minimum Gasteiger partial charge on any atom is -0.139 e. The SMILES string of the molecule is C(=C1SC2=C(SCCCS2)S1)c1csnn1. The molecule has 2 aliphatic heterocycles. The lowest BCUT2D eigenvalue weighted by atomic mass is 10.5. The summed E-state index contributed by atoms with van der Waals surface area (Å²) in [6, 6.07) is 0. The predicted octanol–water partition coefficient (Wildman–Crippen LogP) is 4.31. The van der Waals surface area contributed by atoms with Gasteiger partial charge >= 0.3 is 0 Å². The minimum atomic E-state index is 0.979. The highest BCUT2D eigenvalue weighted by Crippen LogP contribution is 2.58. The van der Waals surface area contributed by atoms with Gasteiger partial charge in [0.1, 0.15) is 0 Å². The van der Waals surface area contributed by atoms with E-state index in [2.05, 4.69) is 15.7 Å². The van der Waals surface area contributed by atoms with Crippen LogP contribution in [-0.4, -0.2) is 21.1 Å². The molecule has 0 aromatic carbocycles. The standard InChI is InChI=1S/C9H8N2S5/c1-2-12-8-9(13-3-1)16-7(15-8)4-6-5-14-11-10-6/h4-5H,1-3H2. The molecule has 1 aromatic rings. The molecule has 0 aliphatic carbocycles. The van der Waals surface area contributed by atoms with Crippen molar-refractivity contribution in [3.8, 4) is 0 Å². The van der Waals surface area contributed by atoms with Gasteiger partial charge in [0.25, 0.3) is 0 Å². The topological polar surface area (TPSA) is 25.8 Å². The van der Waals surface area contributed by atoms with E-state index < -0.39 is 0 Å². The molecule has 16 heavy (non-hydrogen) atoms. The van der Waals surface area contributed by atoms with Gasteiger partial charge in [-0.05, 0) is 35.5 Å². The van der Waals surface area contributed by atoms with Crippen LogP contribution in [0.1, 0.15) is 12.1 Å². The fraction of sp³-hybridized carbons (Fsp3) is 0.333. The molecule has 7 heteroatoms. The van der Waals surface area contributed by atoms with E-state index in [9.17, 15) is 0 Å². The van der Waals surface area contributed by atoms with Crippen molar-refractivity contribution in [1.82, 2.24) is 9.59 Å². The fourth-order valence-corrected chi connectivity index (χ4v) is 7.64. The molecule has 0 saturated carbocycles. The smallest absolute Gasteiger partial charge is 0.0998 e. The molecule has 3 heterocycles. The van der Waals surface area contributed by atoms with Crippen molar-refractivity contribution in [3.63, 3.8) is 0 Å². The Hall–Kier alpha value is 0.440. The third kappa shape index (κ3) is 2.64. The first-order valence-corrected chi connectivity index (χ1v) is 9.20.